The number of nitrogens with one attached hydrogen (secondary N) is 1. The predicted octanol–water partition coefficient (Wildman–Crippen LogP) is 2.21. The zero-order valence-electron chi connectivity index (χ0n) is 11.3. The van der Waals surface area contributed by atoms with Crippen LogP contribution in [0.3, 0.4) is 0 Å². The van der Waals surface area contributed by atoms with E-state index in [1.54, 1.807) is 0 Å². The van der Waals surface area contributed by atoms with Gasteiger partial charge in [-0.3, -0.25) is 4.79 Å². The van der Waals surface area contributed by atoms with E-state index >= 15 is 0 Å². The number of esters is 1. The van der Waals surface area contributed by atoms with Crippen LogP contribution in [0.1, 0.15) is 39.5 Å². The second-order valence-corrected chi connectivity index (χ2v) is 6.45. The minimum Gasteiger partial charge on any atom is -0.469 e. The number of methoxy groups -OCH3 is 1. The normalized spacial score (nSPS) is 33.6. The molecule has 98 valence electrons. The molecule has 2 fully saturated rings. The van der Waals surface area contributed by atoms with E-state index in [1.807, 2.05) is 0 Å². The van der Waals surface area contributed by atoms with E-state index in [0.717, 1.165) is 13.1 Å². The molecule has 0 bridgehead atoms. The number of hydrogen-bond acceptors (Lipinski definition) is 3. The van der Waals surface area contributed by atoms with Crippen LogP contribution in [0, 0.1) is 23.2 Å². The molecule has 0 amide bonds. The maximum atomic E-state index is 11.7. The van der Waals surface area contributed by atoms with Crippen LogP contribution in [0.15, 0.2) is 0 Å². The molecular weight excluding hydrogens is 214 g/mol. The van der Waals surface area contributed by atoms with E-state index < -0.39 is 0 Å². The highest BCUT2D eigenvalue weighted by Crippen LogP contribution is 2.43. The number of carbonyl (C=O) groups is 1. The molecule has 1 aliphatic carbocycles. The van der Waals surface area contributed by atoms with Crippen molar-refractivity contribution in [2.24, 2.45) is 23.2 Å². The molecule has 0 aromatic carbocycles. The van der Waals surface area contributed by atoms with Gasteiger partial charge in [0, 0.05) is 6.54 Å². The van der Waals surface area contributed by atoms with Gasteiger partial charge in [0.15, 0.2) is 0 Å². The number of carbonyl (C=O) groups excluding carboxylic acids is 1. The first-order valence-electron chi connectivity index (χ1n) is 6.82. The average Bonchev–Trinajstić information content (AvgIpc) is 2.77. The molecule has 1 saturated heterocycles. The second kappa shape index (κ2) is 4.97. The van der Waals surface area contributed by atoms with Gasteiger partial charge in [-0.05, 0) is 49.5 Å². The van der Waals surface area contributed by atoms with Crippen LogP contribution in [-0.2, 0) is 9.53 Å². The highest BCUT2D eigenvalue weighted by molar-refractivity contribution is 5.73. The third-order valence-corrected chi connectivity index (χ3v) is 4.75. The highest BCUT2D eigenvalue weighted by Gasteiger charge is 2.40. The zero-order chi connectivity index (χ0) is 12.5. The van der Waals surface area contributed by atoms with Crippen LogP contribution in [0.4, 0.5) is 0 Å². The minimum absolute atomic E-state index is 0.0233. The van der Waals surface area contributed by atoms with Gasteiger partial charge in [0.1, 0.15) is 0 Å². The van der Waals surface area contributed by atoms with Crippen LogP contribution in [0.5, 0.6) is 0 Å². The summed E-state index contributed by atoms with van der Waals surface area (Å²) in [5.41, 5.74) is 0.503. The van der Waals surface area contributed by atoms with Gasteiger partial charge in [-0.2, -0.15) is 0 Å². The fourth-order valence-electron chi connectivity index (χ4n) is 3.45. The van der Waals surface area contributed by atoms with Gasteiger partial charge in [-0.15, -0.1) is 0 Å². The van der Waals surface area contributed by atoms with Crippen LogP contribution in [0.25, 0.3) is 0 Å². The molecule has 1 saturated carbocycles. The van der Waals surface area contributed by atoms with Gasteiger partial charge in [-0.1, -0.05) is 13.8 Å². The summed E-state index contributed by atoms with van der Waals surface area (Å²) in [6.45, 7) is 6.50. The van der Waals surface area contributed by atoms with Crippen LogP contribution in [0.2, 0.25) is 0 Å². The summed E-state index contributed by atoms with van der Waals surface area (Å²) in [6, 6.07) is 0. The van der Waals surface area contributed by atoms with Gasteiger partial charge in [0.2, 0.25) is 0 Å². The monoisotopic (exact) mass is 239 g/mol. The van der Waals surface area contributed by atoms with Crippen molar-refractivity contribution in [2.75, 3.05) is 20.2 Å². The van der Waals surface area contributed by atoms with Gasteiger partial charge < -0.3 is 10.1 Å². The molecule has 1 aliphatic heterocycles. The molecule has 1 N–H and O–H groups in total. The van der Waals surface area contributed by atoms with Crippen molar-refractivity contribution < 1.29 is 9.53 Å². The van der Waals surface area contributed by atoms with E-state index in [2.05, 4.69) is 19.2 Å². The molecule has 3 heteroatoms. The van der Waals surface area contributed by atoms with E-state index in [4.69, 9.17) is 4.74 Å². The standard InChI is InChI=1S/C14H25NO2/c1-14(2)6-4-10(5-7-14)11-8-15-9-12(11)13(16)17-3/h10-12,15H,4-9H2,1-3H3. The Morgan fingerprint density at radius 2 is 1.88 bits per heavy atom. The molecule has 1 heterocycles. The Labute approximate surface area is 104 Å². The SMILES string of the molecule is COC(=O)C1CNCC1C1CCC(C)(C)CC1. The van der Waals surface area contributed by atoms with E-state index in [9.17, 15) is 4.79 Å². The maximum absolute atomic E-state index is 11.7. The Morgan fingerprint density at radius 3 is 2.47 bits per heavy atom. The quantitative estimate of drug-likeness (QED) is 0.751. The molecule has 17 heavy (non-hydrogen) atoms. The number of ether oxygens (including phenoxy) is 1. The largest absolute Gasteiger partial charge is 0.469 e. The summed E-state index contributed by atoms with van der Waals surface area (Å²) in [4.78, 5) is 11.7. The molecule has 0 aromatic heterocycles. The molecule has 2 atom stereocenters. The van der Waals surface area contributed by atoms with Crippen molar-refractivity contribution in [2.45, 2.75) is 39.5 Å². The molecule has 0 radical (unpaired) electrons. The van der Waals surface area contributed by atoms with Crippen molar-refractivity contribution in [1.82, 2.24) is 5.32 Å². The summed E-state index contributed by atoms with van der Waals surface area (Å²) < 4.78 is 4.92. The summed E-state index contributed by atoms with van der Waals surface area (Å²) in [5.74, 6) is 1.27. The molecule has 0 aromatic rings. The maximum Gasteiger partial charge on any atom is 0.310 e. The van der Waals surface area contributed by atoms with Crippen molar-refractivity contribution in [3.8, 4) is 0 Å². The van der Waals surface area contributed by atoms with E-state index in [0.29, 0.717) is 17.3 Å². The molecule has 0 spiro atoms. The highest BCUT2D eigenvalue weighted by atomic mass is 16.5. The fraction of sp³-hybridized carbons (Fsp3) is 0.929. The third-order valence-electron chi connectivity index (χ3n) is 4.75. The second-order valence-electron chi connectivity index (χ2n) is 6.45. The number of rotatable bonds is 2. The summed E-state index contributed by atoms with van der Waals surface area (Å²) in [6.07, 6.45) is 5.13. The molecule has 2 unspecified atom stereocenters. The van der Waals surface area contributed by atoms with Gasteiger partial charge in [-0.25, -0.2) is 0 Å². The first-order chi connectivity index (χ1) is 8.03. The third kappa shape index (κ3) is 2.82. The van der Waals surface area contributed by atoms with Crippen LogP contribution in [-0.4, -0.2) is 26.2 Å². The first-order valence-corrected chi connectivity index (χ1v) is 6.82. The lowest BCUT2D eigenvalue weighted by molar-refractivity contribution is -0.146. The average molecular weight is 239 g/mol. The van der Waals surface area contributed by atoms with Crippen LogP contribution >= 0.6 is 0 Å². The zero-order valence-corrected chi connectivity index (χ0v) is 11.3. The topological polar surface area (TPSA) is 38.3 Å². The Bertz CT molecular complexity index is 278. The predicted molar refractivity (Wildman–Crippen MR) is 67.6 cm³/mol. The lowest BCUT2D eigenvalue weighted by Crippen LogP contribution is -2.33. The van der Waals surface area contributed by atoms with Gasteiger partial charge >= 0.3 is 5.97 Å². The van der Waals surface area contributed by atoms with Crippen molar-refractivity contribution in [3.05, 3.63) is 0 Å². The van der Waals surface area contributed by atoms with Gasteiger partial charge in [0.05, 0.1) is 13.0 Å². The van der Waals surface area contributed by atoms with E-state index in [-0.39, 0.29) is 11.9 Å². The molecule has 2 rings (SSSR count). The molecule has 2 aliphatic rings. The minimum atomic E-state index is -0.0233. The number of hydrogen-bond donors (Lipinski definition) is 1. The van der Waals surface area contributed by atoms with Crippen LogP contribution < -0.4 is 5.32 Å². The fourth-order valence-corrected chi connectivity index (χ4v) is 3.45. The molecular formula is C14H25NO2. The lowest BCUT2D eigenvalue weighted by atomic mass is 9.67. The summed E-state index contributed by atoms with van der Waals surface area (Å²) in [5, 5.41) is 3.35. The Hall–Kier alpha value is -0.570. The van der Waals surface area contributed by atoms with Crippen molar-refractivity contribution >= 4 is 5.97 Å². The van der Waals surface area contributed by atoms with Crippen molar-refractivity contribution in [1.29, 1.82) is 0 Å². The van der Waals surface area contributed by atoms with Gasteiger partial charge in [0.25, 0.3) is 0 Å². The smallest absolute Gasteiger partial charge is 0.310 e. The molecule has 3 nitrogen and oxygen atoms in total. The summed E-state index contributed by atoms with van der Waals surface area (Å²) >= 11 is 0. The Morgan fingerprint density at radius 1 is 1.24 bits per heavy atom. The van der Waals surface area contributed by atoms with Crippen molar-refractivity contribution in [3.63, 3.8) is 0 Å². The lowest BCUT2D eigenvalue weighted by Gasteiger charge is -2.37. The first kappa shape index (κ1) is 12.9. The Kier molecular flexibility index (Phi) is 3.76. The summed E-state index contributed by atoms with van der Waals surface area (Å²) in [7, 11) is 1.50. The van der Waals surface area contributed by atoms with E-state index in [1.165, 1.54) is 32.8 Å². The Balaban J connectivity index is 1.96.